The lowest BCUT2D eigenvalue weighted by atomic mass is 9.92. The molecular formula is C14H16IN3. The van der Waals surface area contributed by atoms with Crippen LogP contribution in [0.5, 0.6) is 0 Å². The Morgan fingerprint density at radius 3 is 2.22 bits per heavy atom. The van der Waals surface area contributed by atoms with Gasteiger partial charge in [0.1, 0.15) is 5.82 Å². The van der Waals surface area contributed by atoms with Crippen molar-refractivity contribution in [2.75, 3.05) is 5.73 Å². The van der Waals surface area contributed by atoms with Crippen LogP contribution in [-0.4, -0.2) is 9.97 Å². The van der Waals surface area contributed by atoms with Gasteiger partial charge in [0, 0.05) is 11.0 Å². The normalized spacial score (nSPS) is 11.6. The van der Waals surface area contributed by atoms with Crippen LogP contribution in [0.15, 0.2) is 30.3 Å². The van der Waals surface area contributed by atoms with E-state index in [4.69, 9.17) is 5.73 Å². The molecular weight excluding hydrogens is 337 g/mol. The number of nitrogens with two attached hydrogens (primary N) is 1. The zero-order chi connectivity index (χ0) is 13.3. The zero-order valence-corrected chi connectivity index (χ0v) is 12.9. The highest BCUT2D eigenvalue weighted by Gasteiger charge is 2.22. The van der Waals surface area contributed by atoms with Crippen LogP contribution < -0.4 is 5.73 Å². The summed E-state index contributed by atoms with van der Waals surface area (Å²) < 4.78 is 0.944. The molecule has 0 amide bonds. The first-order valence-electron chi connectivity index (χ1n) is 5.78. The van der Waals surface area contributed by atoms with Crippen LogP contribution in [0.25, 0.3) is 11.4 Å². The molecule has 2 rings (SSSR count). The number of anilines is 1. The van der Waals surface area contributed by atoms with Crippen molar-refractivity contribution in [1.29, 1.82) is 0 Å². The number of rotatable bonds is 1. The van der Waals surface area contributed by atoms with Crippen LogP contribution in [0.1, 0.15) is 26.5 Å². The molecule has 0 radical (unpaired) electrons. The first kappa shape index (κ1) is 13.3. The highest BCUT2D eigenvalue weighted by Crippen LogP contribution is 2.30. The van der Waals surface area contributed by atoms with Crippen LogP contribution in [0.2, 0.25) is 0 Å². The second-order valence-corrected chi connectivity index (χ2v) is 6.29. The molecule has 0 aliphatic carbocycles. The maximum atomic E-state index is 6.00. The summed E-state index contributed by atoms with van der Waals surface area (Å²) in [4.78, 5) is 9.05. The van der Waals surface area contributed by atoms with Gasteiger partial charge < -0.3 is 5.73 Å². The lowest BCUT2D eigenvalue weighted by Crippen LogP contribution is -2.18. The minimum Gasteiger partial charge on any atom is -0.383 e. The highest BCUT2D eigenvalue weighted by atomic mass is 127. The van der Waals surface area contributed by atoms with Gasteiger partial charge in [-0.1, -0.05) is 51.1 Å². The van der Waals surface area contributed by atoms with E-state index in [9.17, 15) is 0 Å². The van der Waals surface area contributed by atoms with Crippen molar-refractivity contribution in [2.24, 2.45) is 0 Å². The first-order chi connectivity index (χ1) is 8.39. The minimum atomic E-state index is -0.0445. The number of hydrogen-bond donors (Lipinski definition) is 1. The third-order valence-electron chi connectivity index (χ3n) is 2.62. The molecule has 1 aromatic carbocycles. The van der Waals surface area contributed by atoms with Crippen LogP contribution in [0.3, 0.4) is 0 Å². The lowest BCUT2D eigenvalue weighted by molar-refractivity contribution is 0.564. The number of nitrogens with zero attached hydrogens (tertiary/aromatic N) is 2. The Balaban J connectivity index is 2.62. The summed E-state index contributed by atoms with van der Waals surface area (Å²) in [6.45, 7) is 6.39. The molecule has 1 aromatic heterocycles. The summed E-state index contributed by atoms with van der Waals surface area (Å²) in [5.41, 5.74) is 7.94. The van der Waals surface area contributed by atoms with Crippen molar-refractivity contribution in [3.8, 4) is 11.4 Å². The van der Waals surface area contributed by atoms with Crippen molar-refractivity contribution >= 4 is 28.4 Å². The van der Waals surface area contributed by atoms with Gasteiger partial charge in [0.05, 0.1) is 9.26 Å². The number of hydrogen-bond acceptors (Lipinski definition) is 3. The topological polar surface area (TPSA) is 51.8 Å². The number of halogens is 1. The van der Waals surface area contributed by atoms with E-state index >= 15 is 0 Å². The van der Waals surface area contributed by atoms with Crippen LogP contribution >= 0.6 is 22.6 Å². The summed E-state index contributed by atoms with van der Waals surface area (Å²) in [5.74, 6) is 1.24. The van der Waals surface area contributed by atoms with Gasteiger partial charge in [-0.3, -0.25) is 0 Å². The summed E-state index contributed by atoms with van der Waals surface area (Å²) in [5, 5.41) is 0. The van der Waals surface area contributed by atoms with E-state index < -0.39 is 0 Å². The Labute approximate surface area is 121 Å². The first-order valence-corrected chi connectivity index (χ1v) is 6.86. The average Bonchev–Trinajstić information content (AvgIpc) is 2.32. The largest absolute Gasteiger partial charge is 0.383 e. The summed E-state index contributed by atoms with van der Waals surface area (Å²) in [7, 11) is 0. The quantitative estimate of drug-likeness (QED) is 0.797. The van der Waals surface area contributed by atoms with Crippen LogP contribution in [-0.2, 0) is 5.41 Å². The van der Waals surface area contributed by atoms with E-state index in [0.29, 0.717) is 11.6 Å². The molecule has 94 valence electrons. The van der Waals surface area contributed by atoms with Crippen LogP contribution in [0, 0.1) is 3.57 Å². The highest BCUT2D eigenvalue weighted by molar-refractivity contribution is 14.1. The Kier molecular flexibility index (Phi) is 3.56. The number of aromatic nitrogens is 2. The van der Waals surface area contributed by atoms with Gasteiger partial charge in [-0.15, -0.1) is 0 Å². The molecule has 0 spiro atoms. The fourth-order valence-corrected chi connectivity index (χ4v) is 2.73. The van der Waals surface area contributed by atoms with Crippen molar-refractivity contribution < 1.29 is 0 Å². The monoisotopic (exact) mass is 353 g/mol. The Morgan fingerprint density at radius 2 is 1.67 bits per heavy atom. The summed E-state index contributed by atoms with van der Waals surface area (Å²) in [6, 6.07) is 9.92. The van der Waals surface area contributed by atoms with Gasteiger partial charge in [0.25, 0.3) is 0 Å². The van der Waals surface area contributed by atoms with E-state index in [1.54, 1.807) is 0 Å². The Bertz CT molecular complexity index is 559. The van der Waals surface area contributed by atoms with E-state index in [-0.39, 0.29) is 5.41 Å². The van der Waals surface area contributed by atoms with Crippen molar-refractivity contribution in [2.45, 2.75) is 26.2 Å². The summed E-state index contributed by atoms with van der Waals surface area (Å²) in [6.07, 6.45) is 0. The zero-order valence-electron chi connectivity index (χ0n) is 10.7. The van der Waals surface area contributed by atoms with Gasteiger partial charge in [0.15, 0.2) is 5.82 Å². The third kappa shape index (κ3) is 2.63. The third-order valence-corrected chi connectivity index (χ3v) is 3.68. The van der Waals surface area contributed by atoms with Gasteiger partial charge in [-0.05, 0) is 22.6 Å². The molecule has 0 atom stereocenters. The standard InChI is InChI=1S/C14H16IN3/c1-14(2,3)11-10(15)12(16)18-13(17-11)9-7-5-4-6-8-9/h4-8H,1-3H3,(H2,16,17,18). The average molecular weight is 353 g/mol. The van der Waals surface area contributed by atoms with E-state index in [0.717, 1.165) is 14.8 Å². The van der Waals surface area contributed by atoms with Gasteiger partial charge >= 0.3 is 0 Å². The fraction of sp³-hybridized carbons (Fsp3) is 0.286. The van der Waals surface area contributed by atoms with Crippen molar-refractivity contribution in [3.05, 3.63) is 39.6 Å². The number of nitrogen functional groups attached to an aromatic ring is 1. The Morgan fingerprint density at radius 1 is 1.06 bits per heavy atom. The van der Waals surface area contributed by atoms with Gasteiger partial charge in [-0.2, -0.15) is 0 Å². The molecule has 2 N–H and O–H groups in total. The molecule has 0 fully saturated rings. The fourth-order valence-electron chi connectivity index (χ4n) is 1.68. The molecule has 0 aliphatic rings. The molecule has 0 bridgehead atoms. The second-order valence-electron chi connectivity index (χ2n) is 5.21. The molecule has 0 saturated carbocycles. The van der Waals surface area contributed by atoms with Crippen molar-refractivity contribution in [1.82, 2.24) is 9.97 Å². The van der Waals surface area contributed by atoms with Gasteiger partial charge in [-0.25, -0.2) is 9.97 Å². The van der Waals surface area contributed by atoms with E-state index in [1.807, 2.05) is 30.3 Å². The lowest BCUT2D eigenvalue weighted by Gasteiger charge is -2.20. The predicted molar refractivity (Wildman–Crippen MR) is 83.3 cm³/mol. The second kappa shape index (κ2) is 4.84. The molecule has 0 aliphatic heterocycles. The number of benzene rings is 1. The van der Waals surface area contributed by atoms with Crippen molar-refractivity contribution in [3.63, 3.8) is 0 Å². The summed E-state index contributed by atoms with van der Waals surface area (Å²) >= 11 is 2.22. The van der Waals surface area contributed by atoms with Crippen LogP contribution in [0.4, 0.5) is 5.82 Å². The Hall–Kier alpha value is -1.17. The molecule has 0 saturated heterocycles. The maximum Gasteiger partial charge on any atom is 0.161 e. The minimum absolute atomic E-state index is 0.0445. The molecule has 3 nitrogen and oxygen atoms in total. The van der Waals surface area contributed by atoms with E-state index in [2.05, 4.69) is 53.3 Å². The molecule has 0 unspecified atom stereocenters. The van der Waals surface area contributed by atoms with E-state index in [1.165, 1.54) is 0 Å². The smallest absolute Gasteiger partial charge is 0.161 e. The maximum absolute atomic E-state index is 6.00. The molecule has 1 heterocycles. The predicted octanol–water partition coefficient (Wildman–Crippen LogP) is 3.63. The SMILES string of the molecule is CC(C)(C)c1nc(-c2ccccc2)nc(N)c1I. The molecule has 18 heavy (non-hydrogen) atoms. The van der Waals surface area contributed by atoms with Gasteiger partial charge in [0.2, 0.25) is 0 Å². The molecule has 2 aromatic rings. The molecule has 4 heteroatoms.